The molecular weight excluding hydrogens is 365 g/mol. The molecule has 0 bridgehead atoms. The molecule has 3 aromatic rings. The molecule has 1 unspecified atom stereocenters. The second kappa shape index (κ2) is 7.71. The van der Waals surface area contributed by atoms with Crippen LogP contribution in [0.4, 0.5) is 10.1 Å². The van der Waals surface area contributed by atoms with Crippen molar-refractivity contribution in [2.24, 2.45) is 0 Å². The van der Waals surface area contributed by atoms with Crippen LogP contribution in [0.1, 0.15) is 0 Å². The van der Waals surface area contributed by atoms with Crippen LogP contribution >= 0.6 is 11.6 Å². The summed E-state index contributed by atoms with van der Waals surface area (Å²) < 4.78 is 15.2. The smallest absolute Gasteiger partial charge is 0.138 e. The predicted octanol–water partition coefficient (Wildman–Crippen LogP) is 3.82. The van der Waals surface area contributed by atoms with Crippen molar-refractivity contribution in [1.29, 1.82) is 0 Å². The Morgan fingerprint density at radius 3 is 2.44 bits per heavy atom. The molecule has 140 valence electrons. The van der Waals surface area contributed by atoms with Crippen molar-refractivity contribution < 1.29 is 9.18 Å². The molecule has 1 fully saturated rings. The maximum absolute atomic E-state index is 13.1. The molecule has 6 heteroatoms. The molecule has 27 heavy (non-hydrogen) atoms. The van der Waals surface area contributed by atoms with E-state index < -0.39 is 0 Å². The average Bonchev–Trinajstić information content (AvgIpc) is 3.03. The molecule has 1 saturated heterocycles. The number of aldehydes is 1. The van der Waals surface area contributed by atoms with Crippen LogP contribution in [0.15, 0.2) is 54.7 Å². The number of carbonyl (C=O) groups excluding carboxylic acids is 1. The van der Waals surface area contributed by atoms with E-state index in [-0.39, 0.29) is 11.9 Å². The third kappa shape index (κ3) is 3.70. The fourth-order valence-electron chi connectivity index (χ4n) is 3.76. The van der Waals surface area contributed by atoms with E-state index in [1.54, 1.807) is 12.1 Å². The van der Waals surface area contributed by atoms with Gasteiger partial charge in [0.15, 0.2) is 0 Å². The van der Waals surface area contributed by atoms with E-state index in [9.17, 15) is 9.18 Å². The van der Waals surface area contributed by atoms with Gasteiger partial charge in [0, 0.05) is 55.5 Å². The summed E-state index contributed by atoms with van der Waals surface area (Å²) in [5, 5.41) is 1.71. The Hall–Kier alpha value is -2.37. The Bertz CT molecular complexity index is 932. The molecule has 4 rings (SSSR count). The van der Waals surface area contributed by atoms with Gasteiger partial charge >= 0.3 is 0 Å². The number of benzene rings is 2. The minimum Gasteiger partial charge on any atom is -0.369 e. The number of nitrogens with zero attached hydrogens (tertiary/aromatic N) is 3. The average molecular weight is 386 g/mol. The van der Waals surface area contributed by atoms with E-state index in [4.69, 9.17) is 11.6 Å². The second-order valence-corrected chi connectivity index (χ2v) is 7.26. The van der Waals surface area contributed by atoms with Crippen LogP contribution in [0.3, 0.4) is 0 Å². The monoisotopic (exact) mass is 385 g/mol. The minimum atomic E-state index is -0.226. The van der Waals surface area contributed by atoms with Crippen molar-refractivity contribution in [3.8, 4) is 0 Å². The van der Waals surface area contributed by atoms with Gasteiger partial charge in [0.2, 0.25) is 0 Å². The lowest BCUT2D eigenvalue weighted by Crippen LogP contribution is -2.52. The standard InChI is InChI=1S/C21H21ClFN3O/c22-20-14-26(21-4-2-1-3-19(20)21)13-18(15-27)25-11-9-24(10-12-25)17-7-5-16(23)6-8-17/h1-8,14-15,18H,9-13H2. The molecule has 2 aromatic carbocycles. The normalized spacial score (nSPS) is 16.6. The Morgan fingerprint density at radius 2 is 1.74 bits per heavy atom. The SMILES string of the molecule is O=CC(Cn1cc(Cl)c2ccccc21)N1CCN(c2ccc(F)cc2)CC1. The van der Waals surface area contributed by atoms with Gasteiger partial charge in [-0.2, -0.15) is 0 Å². The lowest BCUT2D eigenvalue weighted by atomic mass is 10.2. The van der Waals surface area contributed by atoms with Crippen molar-refractivity contribution in [2.75, 3.05) is 31.1 Å². The summed E-state index contributed by atoms with van der Waals surface area (Å²) in [6.07, 6.45) is 2.92. The third-order valence-corrected chi connectivity index (χ3v) is 5.56. The number of rotatable bonds is 5. The molecule has 1 aromatic heterocycles. The zero-order chi connectivity index (χ0) is 18.8. The molecule has 0 saturated carbocycles. The molecule has 0 amide bonds. The minimum absolute atomic E-state index is 0.202. The number of hydrogen-bond donors (Lipinski definition) is 0. The highest BCUT2D eigenvalue weighted by Crippen LogP contribution is 2.26. The Morgan fingerprint density at radius 1 is 1.04 bits per heavy atom. The number of fused-ring (bicyclic) bond motifs is 1. The first-order valence-corrected chi connectivity index (χ1v) is 9.47. The number of anilines is 1. The van der Waals surface area contributed by atoms with Gasteiger partial charge in [0.05, 0.1) is 11.1 Å². The topological polar surface area (TPSA) is 28.5 Å². The maximum Gasteiger partial charge on any atom is 0.138 e. The highest BCUT2D eigenvalue weighted by Gasteiger charge is 2.24. The van der Waals surface area contributed by atoms with E-state index in [2.05, 4.69) is 14.4 Å². The molecule has 4 nitrogen and oxygen atoms in total. The van der Waals surface area contributed by atoms with Crippen molar-refractivity contribution in [2.45, 2.75) is 12.6 Å². The first-order chi connectivity index (χ1) is 13.2. The molecule has 2 heterocycles. The van der Waals surface area contributed by atoms with Gasteiger partial charge in [0.1, 0.15) is 12.1 Å². The van der Waals surface area contributed by atoms with Gasteiger partial charge in [0.25, 0.3) is 0 Å². The molecule has 0 spiro atoms. The highest BCUT2D eigenvalue weighted by atomic mass is 35.5. The number of carbonyl (C=O) groups is 1. The van der Waals surface area contributed by atoms with Crippen molar-refractivity contribution in [3.05, 3.63) is 65.6 Å². The molecule has 0 aliphatic carbocycles. The number of piperazine rings is 1. The zero-order valence-corrected chi connectivity index (χ0v) is 15.6. The summed E-state index contributed by atoms with van der Waals surface area (Å²) in [7, 11) is 0. The van der Waals surface area contributed by atoms with Gasteiger partial charge in [-0.15, -0.1) is 0 Å². The number of hydrogen-bond acceptors (Lipinski definition) is 3. The second-order valence-electron chi connectivity index (χ2n) is 6.85. The van der Waals surface area contributed by atoms with Gasteiger partial charge in [-0.1, -0.05) is 29.8 Å². The quantitative estimate of drug-likeness (QED) is 0.625. The highest BCUT2D eigenvalue weighted by molar-refractivity contribution is 6.35. The molecule has 0 N–H and O–H groups in total. The number of halogens is 2. The Balaban J connectivity index is 1.44. The predicted molar refractivity (Wildman–Crippen MR) is 107 cm³/mol. The summed E-state index contributed by atoms with van der Waals surface area (Å²) in [6.45, 7) is 3.76. The van der Waals surface area contributed by atoms with E-state index >= 15 is 0 Å². The van der Waals surface area contributed by atoms with Crippen LogP contribution < -0.4 is 4.90 Å². The van der Waals surface area contributed by atoms with Crippen LogP contribution in [0, 0.1) is 5.82 Å². The maximum atomic E-state index is 13.1. The van der Waals surface area contributed by atoms with Crippen molar-refractivity contribution >= 4 is 34.5 Å². The van der Waals surface area contributed by atoms with Crippen LogP contribution in [0.25, 0.3) is 10.9 Å². The number of aromatic nitrogens is 1. The lowest BCUT2D eigenvalue weighted by Gasteiger charge is -2.38. The van der Waals surface area contributed by atoms with Crippen molar-refractivity contribution in [1.82, 2.24) is 9.47 Å². The van der Waals surface area contributed by atoms with E-state index in [1.807, 2.05) is 30.5 Å². The molecule has 1 atom stereocenters. The molecule has 1 aliphatic heterocycles. The van der Waals surface area contributed by atoms with E-state index in [0.717, 1.165) is 49.1 Å². The fraction of sp³-hybridized carbons (Fsp3) is 0.286. The summed E-state index contributed by atoms with van der Waals surface area (Å²) >= 11 is 6.33. The molecular formula is C21H21ClFN3O. The van der Waals surface area contributed by atoms with Crippen LogP contribution in [-0.2, 0) is 11.3 Å². The van der Waals surface area contributed by atoms with Gasteiger partial charge in [-0.3, -0.25) is 4.90 Å². The molecule has 1 aliphatic rings. The Kier molecular flexibility index (Phi) is 5.14. The first-order valence-electron chi connectivity index (χ1n) is 9.09. The van der Waals surface area contributed by atoms with Crippen LogP contribution in [0.2, 0.25) is 5.02 Å². The largest absolute Gasteiger partial charge is 0.369 e. The van der Waals surface area contributed by atoms with E-state index in [0.29, 0.717) is 11.6 Å². The Labute approximate surface area is 162 Å². The van der Waals surface area contributed by atoms with Crippen molar-refractivity contribution in [3.63, 3.8) is 0 Å². The summed E-state index contributed by atoms with van der Waals surface area (Å²) in [5.74, 6) is -0.226. The third-order valence-electron chi connectivity index (χ3n) is 5.26. The fourth-order valence-corrected chi connectivity index (χ4v) is 4.04. The van der Waals surface area contributed by atoms with Crippen LogP contribution in [-0.4, -0.2) is 48.0 Å². The van der Waals surface area contributed by atoms with Gasteiger partial charge in [-0.25, -0.2) is 4.39 Å². The lowest BCUT2D eigenvalue weighted by molar-refractivity contribution is -0.113. The summed E-state index contributed by atoms with van der Waals surface area (Å²) in [6, 6.07) is 14.3. The van der Waals surface area contributed by atoms with Gasteiger partial charge < -0.3 is 14.3 Å². The van der Waals surface area contributed by atoms with Crippen LogP contribution in [0.5, 0.6) is 0 Å². The summed E-state index contributed by atoms with van der Waals surface area (Å²) in [4.78, 5) is 16.2. The zero-order valence-electron chi connectivity index (χ0n) is 14.9. The molecule has 0 radical (unpaired) electrons. The number of para-hydroxylation sites is 1. The summed E-state index contributed by atoms with van der Waals surface area (Å²) in [5.41, 5.74) is 2.06. The van der Waals surface area contributed by atoms with Gasteiger partial charge in [-0.05, 0) is 30.3 Å². The van der Waals surface area contributed by atoms with E-state index in [1.165, 1.54) is 12.1 Å². The first kappa shape index (κ1) is 18.0.